The number of hydrogen-bond donors (Lipinski definition) is 1. The van der Waals surface area contributed by atoms with Gasteiger partial charge in [0.1, 0.15) is 4.83 Å². The first-order valence-corrected chi connectivity index (χ1v) is 12.2. The number of nitrogens with one attached hydrogen (secondary N) is 1. The lowest BCUT2D eigenvalue weighted by Crippen LogP contribution is -2.35. The van der Waals surface area contributed by atoms with Gasteiger partial charge in [0.2, 0.25) is 0 Å². The molecule has 4 aromatic rings. The number of rotatable bonds is 8. The minimum Gasteiger partial charge on any atom is -0.313 e. The molecule has 3 heterocycles. The second-order valence-corrected chi connectivity index (χ2v) is 9.77. The van der Waals surface area contributed by atoms with Crippen molar-refractivity contribution in [1.29, 1.82) is 0 Å². The molecule has 1 aliphatic rings. The van der Waals surface area contributed by atoms with Crippen LogP contribution in [0.25, 0.3) is 10.2 Å². The van der Waals surface area contributed by atoms with Gasteiger partial charge in [-0.25, -0.2) is 4.98 Å². The SMILES string of the molecule is Cn1cc(CCN[C@@H]2CCc3c(sc4ncn(CCCc5ccccc5)c(=O)c34)C2)cn1. The van der Waals surface area contributed by atoms with E-state index in [-0.39, 0.29) is 5.56 Å². The molecule has 0 spiro atoms. The predicted octanol–water partition coefficient (Wildman–Crippen LogP) is 3.51. The zero-order valence-electron chi connectivity index (χ0n) is 18.5. The standard InChI is InChI=1S/C25H29N5OS/c1-29-16-19(15-28-29)11-12-26-20-9-10-21-22(14-20)32-24-23(21)25(31)30(17-27-24)13-5-8-18-6-3-2-4-7-18/h2-4,6-7,15-17,20,26H,5,8-14H2,1H3/t20-/m1/s1. The van der Waals surface area contributed by atoms with E-state index in [2.05, 4.69) is 45.9 Å². The van der Waals surface area contributed by atoms with Crippen LogP contribution < -0.4 is 10.9 Å². The van der Waals surface area contributed by atoms with Crippen molar-refractivity contribution in [3.63, 3.8) is 0 Å². The second kappa shape index (κ2) is 9.38. The molecule has 0 amide bonds. The first-order chi connectivity index (χ1) is 15.7. The highest BCUT2D eigenvalue weighted by Gasteiger charge is 2.25. The van der Waals surface area contributed by atoms with Gasteiger partial charge in [-0.2, -0.15) is 5.10 Å². The van der Waals surface area contributed by atoms with E-state index in [1.165, 1.54) is 21.6 Å². The van der Waals surface area contributed by atoms with Crippen molar-refractivity contribution in [1.82, 2.24) is 24.6 Å². The molecule has 7 heteroatoms. The fraction of sp³-hybridized carbons (Fsp3) is 0.400. The number of nitrogens with zero attached hydrogens (tertiary/aromatic N) is 4. The number of fused-ring (bicyclic) bond motifs is 3. The first kappa shape index (κ1) is 21.1. The minimum atomic E-state index is 0.128. The van der Waals surface area contributed by atoms with E-state index in [0.717, 1.165) is 55.3 Å². The molecule has 1 aromatic carbocycles. The molecule has 6 nitrogen and oxygen atoms in total. The van der Waals surface area contributed by atoms with E-state index in [1.807, 2.05) is 24.0 Å². The van der Waals surface area contributed by atoms with Gasteiger partial charge in [-0.1, -0.05) is 30.3 Å². The Morgan fingerprint density at radius 3 is 2.88 bits per heavy atom. The Morgan fingerprint density at radius 2 is 2.06 bits per heavy atom. The largest absolute Gasteiger partial charge is 0.313 e. The zero-order valence-corrected chi connectivity index (χ0v) is 19.3. The van der Waals surface area contributed by atoms with Crippen LogP contribution in [0.5, 0.6) is 0 Å². The van der Waals surface area contributed by atoms with Crippen molar-refractivity contribution in [2.24, 2.45) is 7.05 Å². The highest BCUT2D eigenvalue weighted by molar-refractivity contribution is 7.18. The number of benzene rings is 1. The van der Waals surface area contributed by atoms with Crippen LogP contribution in [0.4, 0.5) is 0 Å². The maximum Gasteiger partial charge on any atom is 0.262 e. The minimum absolute atomic E-state index is 0.128. The van der Waals surface area contributed by atoms with Crippen molar-refractivity contribution in [3.8, 4) is 0 Å². The number of hydrogen-bond acceptors (Lipinski definition) is 5. The van der Waals surface area contributed by atoms with Crippen LogP contribution in [0.15, 0.2) is 53.8 Å². The predicted molar refractivity (Wildman–Crippen MR) is 129 cm³/mol. The molecule has 0 aliphatic heterocycles. The molecule has 5 rings (SSSR count). The van der Waals surface area contributed by atoms with Crippen LogP contribution >= 0.6 is 11.3 Å². The fourth-order valence-electron chi connectivity index (χ4n) is 4.65. The van der Waals surface area contributed by atoms with E-state index in [1.54, 1.807) is 22.2 Å². The maximum atomic E-state index is 13.2. The average Bonchev–Trinajstić information content (AvgIpc) is 3.39. The van der Waals surface area contributed by atoms with Crippen molar-refractivity contribution >= 4 is 21.6 Å². The lowest BCUT2D eigenvalue weighted by molar-refractivity contribution is 0.466. The summed E-state index contributed by atoms with van der Waals surface area (Å²) in [5.74, 6) is 0. The number of aromatic nitrogens is 4. The van der Waals surface area contributed by atoms with Gasteiger partial charge in [-0.15, -0.1) is 11.3 Å². The first-order valence-electron chi connectivity index (χ1n) is 11.4. The molecule has 3 aromatic heterocycles. The molecule has 166 valence electrons. The lowest BCUT2D eigenvalue weighted by Gasteiger charge is -2.23. The summed E-state index contributed by atoms with van der Waals surface area (Å²) in [5, 5.41) is 8.80. The summed E-state index contributed by atoms with van der Waals surface area (Å²) in [7, 11) is 1.95. The van der Waals surface area contributed by atoms with Gasteiger partial charge in [0.15, 0.2) is 0 Å². The Morgan fingerprint density at radius 1 is 1.19 bits per heavy atom. The van der Waals surface area contributed by atoms with Gasteiger partial charge >= 0.3 is 0 Å². The van der Waals surface area contributed by atoms with Crippen LogP contribution in [0.3, 0.4) is 0 Å². The van der Waals surface area contributed by atoms with Crippen LogP contribution in [-0.2, 0) is 39.3 Å². The number of aryl methyl sites for hydroxylation is 4. The summed E-state index contributed by atoms with van der Waals surface area (Å²) < 4.78 is 3.65. The summed E-state index contributed by atoms with van der Waals surface area (Å²) in [5.41, 5.74) is 3.94. The smallest absolute Gasteiger partial charge is 0.262 e. The van der Waals surface area contributed by atoms with Gasteiger partial charge in [0.05, 0.1) is 17.9 Å². The molecule has 1 atom stereocenters. The Kier molecular flexibility index (Phi) is 6.19. The van der Waals surface area contributed by atoms with Gasteiger partial charge in [0.25, 0.3) is 5.56 Å². The van der Waals surface area contributed by atoms with Crippen LogP contribution in [-0.4, -0.2) is 31.9 Å². The molecule has 0 saturated carbocycles. The summed E-state index contributed by atoms with van der Waals surface area (Å²) >= 11 is 1.70. The van der Waals surface area contributed by atoms with Crippen LogP contribution in [0.1, 0.15) is 34.4 Å². The van der Waals surface area contributed by atoms with E-state index < -0.39 is 0 Å². The van der Waals surface area contributed by atoms with Gasteiger partial charge in [-0.05, 0) is 61.8 Å². The van der Waals surface area contributed by atoms with Crippen molar-refractivity contribution < 1.29 is 0 Å². The highest BCUT2D eigenvalue weighted by Crippen LogP contribution is 2.33. The maximum absolute atomic E-state index is 13.2. The Bertz CT molecular complexity index is 1260. The van der Waals surface area contributed by atoms with E-state index in [0.29, 0.717) is 12.6 Å². The molecule has 0 radical (unpaired) electrons. The van der Waals surface area contributed by atoms with E-state index in [4.69, 9.17) is 0 Å². The third-order valence-corrected chi connectivity index (χ3v) is 7.51. The summed E-state index contributed by atoms with van der Waals surface area (Å²) in [4.78, 5) is 20.1. The third kappa shape index (κ3) is 4.54. The Hall–Kier alpha value is -2.77. The van der Waals surface area contributed by atoms with Crippen molar-refractivity contribution in [2.75, 3.05) is 6.54 Å². The molecular formula is C25H29N5OS. The zero-order chi connectivity index (χ0) is 21.9. The monoisotopic (exact) mass is 447 g/mol. The Balaban J connectivity index is 1.24. The van der Waals surface area contributed by atoms with Gasteiger partial charge < -0.3 is 5.32 Å². The normalized spacial score (nSPS) is 15.8. The molecule has 0 saturated heterocycles. The molecule has 1 N–H and O–H groups in total. The number of thiophene rings is 1. The van der Waals surface area contributed by atoms with Crippen LogP contribution in [0.2, 0.25) is 0 Å². The average molecular weight is 448 g/mol. The second-order valence-electron chi connectivity index (χ2n) is 8.68. The summed E-state index contributed by atoms with van der Waals surface area (Å²) in [6.45, 7) is 1.66. The fourth-order valence-corrected chi connectivity index (χ4v) is 5.91. The van der Waals surface area contributed by atoms with E-state index in [9.17, 15) is 4.79 Å². The van der Waals surface area contributed by atoms with Crippen molar-refractivity contribution in [3.05, 3.63) is 81.0 Å². The van der Waals surface area contributed by atoms with Crippen molar-refractivity contribution in [2.45, 2.75) is 51.1 Å². The van der Waals surface area contributed by atoms with Gasteiger partial charge in [-0.3, -0.25) is 14.0 Å². The molecular weight excluding hydrogens is 418 g/mol. The molecule has 32 heavy (non-hydrogen) atoms. The topological polar surface area (TPSA) is 64.7 Å². The third-order valence-electron chi connectivity index (χ3n) is 6.35. The molecule has 0 bridgehead atoms. The quantitative estimate of drug-likeness (QED) is 0.449. The summed E-state index contributed by atoms with van der Waals surface area (Å²) in [6, 6.07) is 10.9. The van der Waals surface area contributed by atoms with Gasteiger partial charge in [0, 0.05) is 30.7 Å². The molecule has 0 unspecified atom stereocenters. The highest BCUT2D eigenvalue weighted by atomic mass is 32.1. The van der Waals surface area contributed by atoms with Crippen LogP contribution in [0, 0.1) is 0 Å². The molecule has 1 aliphatic carbocycles. The van der Waals surface area contributed by atoms with E-state index >= 15 is 0 Å². The lowest BCUT2D eigenvalue weighted by atomic mass is 9.93. The molecule has 0 fully saturated rings. The summed E-state index contributed by atoms with van der Waals surface area (Å²) in [6.07, 6.45) is 11.6. The Labute approximate surface area is 191 Å².